The summed E-state index contributed by atoms with van der Waals surface area (Å²) in [5.74, 6) is 2.64. The summed E-state index contributed by atoms with van der Waals surface area (Å²) in [6, 6.07) is 55.8. The number of rotatable bonds is 6. The van der Waals surface area contributed by atoms with E-state index < -0.39 is 0 Å². The molecule has 0 spiro atoms. The lowest BCUT2D eigenvalue weighted by Crippen LogP contribution is -2.00. The molecule has 9 aromatic rings. The van der Waals surface area contributed by atoms with Crippen molar-refractivity contribution in [3.05, 3.63) is 164 Å². The summed E-state index contributed by atoms with van der Waals surface area (Å²) in [7, 11) is 0. The van der Waals surface area contributed by atoms with Gasteiger partial charge in [0, 0.05) is 53.6 Å². The van der Waals surface area contributed by atoms with Gasteiger partial charge in [-0.2, -0.15) is 0 Å². The molecule has 0 saturated carbocycles. The highest BCUT2D eigenvalue weighted by atomic mass is 32.1. The molecule has 0 unspecified atom stereocenters. The molecule has 3 heterocycles. The third-order valence-electron chi connectivity index (χ3n) is 8.55. The summed E-state index contributed by atoms with van der Waals surface area (Å²) in [6.07, 6.45) is 0. The van der Waals surface area contributed by atoms with Gasteiger partial charge in [0.2, 0.25) is 0 Å². The highest BCUT2D eigenvalue weighted by Crippen LogP contribution is 2.38. The van der Waals surface area contributed by atoms with Gasteiger partial charge in [0.25, 0.3) is 0 Å². The van der Waals surface area contributed by atoms with E-state index >= 15 is 0 Å². The van der Waals surface area contributed by atoms with Crippen molar-refractivity contribution in [2.75, 3.05) is 0 Å². The summed E-state index contributed by atoms with van der Waals surface area (Å²) in [4.78, 5) is 24.9. The Morgan fingerprint density at radius 2 is 0.714 bits per heavy atom. The van der Waals surface area contributed by atoms with E-state index in [-0.39, 0.29) is 0 Å². The molecule has 6 aromatic carbocycles. The molecule has 0 N–H and O–H groups in total. The minimum absolute atomic E-state index is 0.644. The number of fused-ring (bicyclic) bond motifs is 3. The number of benzene rings is 6. The van der Waals surface area contributed by atoms with E-state index in [1.807, 2.05) is 97.1 Å². The fraction of sp³-hybridized carbons (Fsp3) is 0. The van der Waals surface area contributed by atoms with Crippen molar-refractivity contribution in [2.24, 2.45) is 0 Å². The molecular formula is C43H27N5S. The molecule has 0 radical (unpaired) electrons. The van der Waals surface area contributed by atoms with Gasteiger partial charge in [0.05, 0.1) is 11.4 Å². The van der Waals surface area contributed by atoms with E-state index in [9.17, 15) is 0 Å². The topological polar surface area (TPSA) is 64.5 Å². The van der Waals surface area contributed by atoms with Crippen molar-refractivity contribution in [3.63, 3.8) is 0 Å². The van der Waals surface area contributed by atoms with E-state index in [1.54, 1.807) is 11.3 Å². The average molecular weight is 646 g/mol. The number of nitrogens with zero attached hydrogens (tertiary/aromatic N) is 5. The first-order chi connectivity index (χ1) is 24.2. The summed E-state index contributed by atoms with van der Waals surface area (Å²) < 4.78 is 2.37. The van der Waals surface area contributed by atoms with Crippen LogP contribution in [0.15, 0.2) is 164 Å². The molecule has 0 fully saturated rings. The first-order valence-electron chi connectivity index (χ1n) is 16.1. The Hall–Kier alpha value is -6.37. The molecule has 0 bridgehead atoms. The minimum atomic E-state index is 0.644. The fourth-order valence-electron chi connectivity index (χ4n) is 6.08. The lowest BCUT2D eigenvalue weighted by atomic mass is 10.1. The summed E-state index contributed by atoms with van der Waals surface area (Å²) in [6.45, 7) is 0. The van der Waals surface area contributed by atoms with E-state index in [0.717, 1.165) is 50.2 Å². The quantitative estimate of drug-likeness (QED) is 0.180. The van der Waals surface area contributed by atoms with Gasteiger partial charge in [-0.25, -0.2) is 24.9 Å². The molecule has 9 rings (SSSR count). The van der Waals surface area contributed by atoms with Crippen molar-refractivity contribution in [3.8, 4) is 68.1 Å². The van der Waals surface area contributed by atoms with Crippen molar-refractivity contribution in [2.45, 2.75) is 0 Å². The minimum Gasteiger partial charge on any atom is -0.228 e. The number of aromatic nitrogens is 5. The van der Waals surface area contributed by atoms with Crippen LogP contribution in [-0.2, 0) is 0 Å². The Labute approximate surface area is 287 Å². The van der Waals surface area contributed by atoms with E-state index in [1.165, 1.54) is 14.8 Å². The van der Waals surface area contributed by atoms with E-state index in [2.05, 4.69) is 66.7 Å². The molecule has 0 aliphatic heterocycles. The lowest BCUT2D eigenvalue weighted by molar-refractivity contribution is 1.07. The fourth-order valence-corrected chi connectivity index (χ4v) is 7.21. The molecule has 0 aliphatic rings. The van der Waals surface area contributed by atoms with Crippen LogP contribution in [0.2, 0.25) is 0 Å². The second-order valence-corrected chi connectivity index (χ2v) is 12.8. The molecule has 3 aromatic heterocycles. The van der Waals surface area contributed by atoms with Crippen LogP contribution in [0.4, 0.5) is 0 Å². The number of thiophene rings is 1. The maximum atomic E-state index is 5.05. The van der Waals surface area contributed by atoms with E-state index in [4.69, 9.17) is 24.9 Å². The van der Waals surface area contributed by atoms with Crippen molar-refractivity contribution in [1.82, 2.24) is 24.9 Å². The van der Waals surface area contributed by atoms with Crippen LogP contribution in [-0.4, -0.2) is 24.9 Å². The zero-order chi connectivity index (χ0) is 32.6. The number of hydrogen-bond acceptors (Lipinski definition) is 6. The second-order valence-electron chi connectivity index (χ2n) is 11.8. The van der Waals surface area contributed by atoms with Gasteiger partial charge in [-0.1, -0.05) is 133 Å². The second kappa shape index (κ2) is 12.3. The van der Waals surface area contributed by atoms with Crippen molar-refractivity contribution >= 4 is 31.5 Å². The third kappa shape index (κ3) is 5.64. The number of hydrogen-bond donors (Lipinski definition) is 0. The summed E-state index contributed by atoms with van der Waals surface area (Å²) in [5.41, 5.74) is 7.73. The monoisotopic (exact) mass is 645 g/mol. The van der Waals surface area contributed by atoms with Gasteiger partial charge < -0.3 is 0 Å². The molecule has 0 saturated heterocycles. The maximum Gasteiger partial charge on any atom is 0.164 e. The Balaban J connectivity index is 1.15. The first kappa shape index (κ1) is 28.8. The Bertz CT molecular complexity index is 2470. The average Bonchev–Trinajstić information content (AvgIpc) is 3.56. The van der Waals surface area contributed by atoms with Crippen molar-refractivity contribution in [1.29, 1.82) is 0 Å². The molecule has 6 heteroatoms. The van der Waals surface area contributed by atoms with Crippen LogP contribution >= 0.6 is 11.3 Å². The predicted molar refractivity (Wildman–Crippen MR) is 201 cm³/mol. The lowest BCUT2D eigenvalue weighted by Gasteiger charge is -2.09. The Kier molecular flexibility index (Phi) is 7.26. The zero-order valence-electron chi connectivity index (χ0n) is 26.2. The Morgan fingerprint density at radius 3 is 1.24 bits per heavy atom. The highest BCUT2D eigenvalue weighted by molar-refractivity contribution is 7.25. The van der Waals surface area contributed by atoms with E-state index in [0.29, 0.717) is 23.3 Å². The SMILES string of the molecule is c1ccc(-c2cc(-c3ccccc3)nc(-c3ccc4c(c3)sc3ccc(-c5nc(-c6ccccc6)nc(-c6ccccc6)n5)cc34)n2)cc1. The van der Waals surface area contributed by atoms with Gasteiger partial charge in [0.1, 0.15) is 0 Å². The van der Waals surface area contributed by atoms with Crippen LogP contribution in [0.3, 0.4) is 0 Å². The van der Waals surface area contributed by atoms with Gasteiger partial charge in [-0.05, 0) is 30.3 Å². The summed E-state index contributed by atoms with van der Waals surface area (Å²) in [5, 5.41) is 2.34. The van der Waals surface area contributed by atoms with Gasteiger partial charge in [-0.15, -0.1) is 11.3 Å². The standard InChI is InChI=1S/C43H27N5S/c1-5-13-28(14-6-1)36-27-37(29-15-7-2-8-16-29)45-42(44-36)33-21-23-34-35-25-32(22-24-38(35)49-39(34)26-33)43-47-40(30-17-9-3-10-18-30)46-41(48-43)31-19-11-4-12-20-31/h1-27H. The largest absolute Gasteiger partial charge is 0.228 e. The van der Waals surface area contributed by atoms with Crippen LogP contribution in [0, 0.1) is 0 Å². The van der Waals surface area contributed by atoms with Gasteiger partial charge >= 0.3 is 0 Å². The van der Waals surface area contributed by atoms with Crippen LogP contribution in [0.1, 0.15) is 0 Å². The first-order valence-corrected chi connectivity index (χ1v) is 16.9. The molecule has 0 aliphatic carbocycles. The molecule has 0 atom stereocenters. The Morgan fingerprint density at radius 1 is 0.286 bits per heavy atom. The smallest absolute Gasteiger partial charge is 0.164 e. The third-order valence-corrected chi connectivity index (χ3v) is 9.69. The normalized spacial score (nSPS) is 11.3. The molecule has 0 amide bonds. The molecular weight excluding hydrogens is 619 g/mol. The van der Waals surface area contributed by atoms with Gasteiger partial charge in [0.15, 0.2) is 23.3 Å². The molecule has 230 valence electrons. The van der Waals surface area contributed by atoms with Gasteiger partial charge in [-0.3, -0.25) is 0 Å². The van der Waals surface area contributed by atoms with Crippen LogP contribution in [0.5, 0.6) is 0 Å². The van der Waals surface area contributed by atoms with Crippen molar-refractivity contribution < 1.29 is 0 Å². The predicted octanol–water partition coefficient (Wildman–Crippen LogP) is 11.0. The van der Waals surface area contributed by atoms with Crippen LogP contribution < -0.4 is 0 Å². The highest BCUT2D eigenvalue weighted by Gasteiger charge is 2.16. The van der Waals surface area contributed by atoms with Crippen LogP contribution in [0.25, 0.3) is 88.2 Å². The molecule has 49 heavy (non-hydrogen) atoms. The summed E-state index contributed by atoms with van der Waals surface area (Å²) >= 11 is 1.77. The maximum absolute atomic E-state index is 5.05. The molecule has 5 nitrogen and oxygen atoms in total. The zero-order valence-corrected chi connectivity index (χ0v) is 27.0.